The Morgan fingerprint density at radius 2 is 2.25 bits per heavy atom. The van der Waals surface area contributed by atoms with Gasteiger partial charge in [0.2, 0.25) is 0 Å². The maximum atomic E-state index is 12.7. The van der Waals surface area contributed by atoms with Crippen LogP contribution in [0.15, 0.2) is 42.9 Å². The summed E-state index contributed by atoms with van der Waals surface area (Å²) in [6, 6.07) is 8.29. The molecule has 0 radical (unpaired) electrons. The van der Waals surface area contributed by atoms with Crippen molar-refractivity contribution in [1.82, 2.24) is 19.8 Å². The summed E-state index contributed by atoms with van der Waals surface area (Å²) in [6.07, 6.45) is 8.07. The Kier molecular flexibility index (Phi) is 7.37. The van der Waals surface area contributed by atoms with Crippen molar-refractivity contribution < 1.29 is 9.53 Å². The van der Waals surface area contributed by atoms with E-state index in [2.05, 4.69) is 27.0 Å². The van der Waals surface area contributed by atoms with E-state index in [9.17, 15) is 4.79 Å². The van der Waals surface area contributed by atoms with Crippen molar-refractivity contribution in [2.24, 2.45) is 5.92 Å². The van der Waals surface area contributed by atoms with Crippen LogP contribution in [0.1, 0.15) is 35.8 Å². The minimum Gasteiger partial charge on any atom is -0.497 e. The standard InChI is InChI=1S/C22H30N4O2/c1-3-26(22(27)21-15-23-10-11-24-21)17-19-7-5-12-25(16-19)13-9-18-6-4-8-20(14-18)28-2/h4,6,8,10-11,14-15,19H,3,5,7,9,12-13,16-17H2,1-2H3/t19-/m0/s1. The van der Waals surface area contributed by atoms with Crippen LogP contribution >= 0.6 is 0 Å². The van der Waals surface area contributed by atoms with Crippen molar-refractivity contribution in [3.05, 3.63) is 54.1 Å². The number of carbonyl (C=O) groups is 1. The van der Waals surface area contributed by atoms with Crippen LogP contribution in [-0.2, 0) is 6.42 Å². The lowest BCUT2D eigenvalue weighted by Gasteiger charge is -2.35. The molecule has 0 N–H and O–H groups in total. The van der Waals surface area contributed by atoms with Crippen molar-refractivity contribution in [1.29, 1.82) is 0 Å². The fourth-order valence-electron chi connectivity index (χ4n) is 3.86. The molecule has 0 bridgehead atoms. The van der Waals surface area contributed by atoms with E-state index in [4.69, 9.17) is 4.74 Å². The lowest BCUT2D eigenvalue weighted by atomic mass is 9.96. The van der Waals surface area contributed by atoms with Crippen molar-refractivity contribution in [3.63, 3.8) is 0 Å². The van der Waals surface area contributed by atoms with Gasteiger partial charge < -0.3 is 14.5 Å². The van der Waals surface area contributed by atoms with Gasteiger partial charge in [-0.1, -0.05) is 12.1 Å². The van der Waals surface area contributed by atoms with Crippen LogP contribution in [0.25, 0.3) is 0 Å². The predicted molar refractivity (Wildman–Crippen MR) is 109 cm³/mol. The van der Waals surface area contributed by atoms with Gasteiger partial charge in [-0.05, 0) is 56.3 Å². The first kappa shape index (κ1) is 20.3. The third-order valence-electron chi connectivity index (χ3n) is 5.38. The van der Waals surface area contributed by atoms with Crippen LogP contribution in [0.2, 0.25) is 0 Å². The highest BCUT2D eigenvalue weighted by molar-refractivity contribution is 5.91. The van der Waals surface area contributed by atoms with Gasteiger partial charge in [0, 0.05) is 38.6 Å². The maximum absolute atomic E-state index is 12.7. The summed E-state index contributed by atoms with van der Waals surface area (Å²) in [7, 11) is 1.70. The van der Waals surface area contributed by atoms with Crippen molar-refractivity contribution >= 4 is 5.91 Å². The van der Waals surface area contributed by atoms with Crippen LogP contribution in [0, 0.1) is 5.92 Å². The number of hydrogen-bond donors (Lipinski definition) is 0. The zero-order valence-corrected chi connectivity index (χ0v) is 16.9. The molecule has 0 aliphatic carbocycles. The Labute approximate surface area is 167 Å². The third-order valence-corrected chi connectivity index (χ3v) is 5.38. The largest absolute Gasteiger partial charge is 0.497 e. The number of ether oxygens (including phenoxy) is 1. The van der Waals surface area contributed by atoms with Crippen molar-refractivity contribution in [2.45, 2.75) is 26.2 Å². The van der Waals surface area contributed by atoms with Gasteiger partial charge >= 0.3 is 0 Å². The summed E-state index contributed by atoms with van der Waals surface area (Å²) in [5.74, 6) is 1.39. The van der Waals surface area contributed by atoms with E-state index in [1.54, 1.807) is 25.7 Å². The minimum atomic E-state index is -0.0240. The van der Waals surface area contributed by atoms with Gasteiger partial charge in [0.15, 0.2) is 0 Å². The molecule has 1 aromatic carbocycles. The Morgan fingerprint density at radius 3 is 3.00 bits per heavy atom. The molecule has 0 spiro atoms. The Hall–Kier alpha value is -2.47. The normalized spacial score (nSPS) is 17.3. The number of piperidine rings is 1. The smallest absolute Gasteiger partial charge is 0.274 e. The fourth-order valence-corrected chi connectivity index (χ4v) is 3.86. The number of hydrogen-bond acceptors (Lipinski definition) is 5. The van der Waals surface area contributed by atoms with Crippen LogP contribution in [0.3, 0.4) is 0 Å². The van der Waals surface area contributed by atoms with E-state index < -0.39 is 0 Å². The number of aromatic nitrogens is 2. The lowest BCUT2D eigenvalue weighted by molar-refractivity contribution is 0.0684. The minimum absolute atomic E-state index is 0.0240. The highest BCUT2D eigenvalue weighted by atomic mass is 16.5. The molecule has 150 valence electrons. The molecule has 0 unspecified atom stereocenters. The highest BCUT2D eigenvalue weighted by Crippen LogP contribution is 2.20. The Bertz CT molecular complexity index is 753. The molecule has 1 aliphatic heterocycles. The van der Waals surface area contributed by atoms with Crippen LogP contribution in [0.4, 0.5) is 0 Å². The number of methoxy groups -OCH3 is 1. The van der Waals surface area contributed by atoms with Crippen molar-refractivity contribution in [3.8, 4) is 5.75 Å². The van der Waals surface area contributed by atoms with Gasteiger partial charge in [0.05, 0.1) is 13.3 Å². The molecule has 0 saturated carbocycles. The SMILES string of the molecule is CCN(C[C@H]1CCCN(CCc2cccc(OC)c2)C1)C(=O)c1cnccn1. The van der Waals surface area contributed by atoms with Crippen LogP contribution < -0.4 is 4.74 Å². The van der Waals surface area contributed by atoms with E-state index >= 15 is 0 Å². The van der Waals surface area contributed by atoms with Gasteiger partial charge in [-0.15, -0.1) is 0 Å². The highest BCUT2D eigenvalue weighted by Gasteiger charge is 2.24. The van der Waals surface area contributed by atoms with Crippen molar-refractivity contribution in [2.75, 3.05) is 39.8 Å². The van der Waals surface area contributed by atoms with Gasteiger partial charge in [0.25, 0.3) is 5.91 Å². The summed E-state index contributed by atoms with van der Waals surface area (Å²) < 4.78 is 5.32. The molecule has 1 aromatic heterocycles. The van der Waals surface area contributed by atoms with Gasteiger partial charge in [-0.25, -0.2) is 4.98 Å². The molecule has 2 aromatic rings. The van der Waals surface area contributed by atoms with E-state index in [0.29, 0.717) is 18.2 Å². The number of rotatable bonds is 8. The molecule has 1 saturated heterocycles. The Morgan fingerprint density at radius 1 is 1.36 bits per heavy atom. The van der Waals surface area contributed by atoms with E-state index in [0.717, 1.165) is 38.3 Å². The predicted octanol–water partition coefficient (Wildman–Crippen LogP) is 2.90. The first-order chi connectivity index (χ1) is 13.7. The number of benzene rings is 1. The third kappa shape index (κ3) is 5.52. The molecule has 6 nitrogen and oxygen atoms in total. The molecular formula is C22H30N4O2. The monoisotopic (exact) mass is 382 g/mol. The molecular weight excluding hydrogens is 352 g/mol. The molecule has 1 atom stereocenters. The topological polar surface area (TPSA) is 58.6 Å². The second-order valence-electron chi connectivity index (χ2n) is 7.34. The quantitative estimate of drug-likeness (QED) is 0.703. The molecule has 6 heteroatoms. The first-order valence-corrected chi connectivity index (χ1v) is 10.1. The maximum Gasteiger partial charge on any atom is 0.274 e. The molecule has 2 heterocycles. The number of carbonyl (C=O) groups excluding carboxylic acids is 1. The number of amides is 1. The summed E-state index contributed by atoms with van der Waals surface area (Å²) in [4.78, 5) is 25.3. The second kappa shape index (κ2) is 10.2. The zero-order chi connectivity index (χ0) is 19.8. The summed E-state index contributed by atoms with van der Waals surface area (Å²) in [6.45, 7) is 6.70. The summed E-state index contributed by atoms with van der Waals surface area (Å²) >= 11 is 0. The van der Waals surface area contributed by atoms with E-state index in [1.165, 1.54) is 18.4 Å². The van der Waals surface area contributed by atoms with E-state index in [-0.39, 0.29) is 5.91 Å². The number of likely N-dealkylation sites (tertiary alicyclic amines) is 1. The van der Waals surface area contributed by atoms with Gasteiger partial charge in [-0.3, -0.25) is 9.78 Å². The molecule has 1 aliphatic rings. The lowest BCUT2D eigenvalue weighted by Crippen LogP contribution is -2.43. The average Bonchev–Trinajstić information content (AvgIpc) is 2.76. The zero-order valence-electron chi connectivity index (χ0n) is 16.9. The Balaban J connectivity index is 1.52. The number of nitrogens with zero attached hydrogens (tertiary/aromatic N) is 4. The average molecular weight is 383 g/mol. The van der Waals surface area contributed by atoms with Crippen LogP contribution in [-0.4, -0.2) is 65.5 Å². The first-order valence-electron chi connectivity index (χ1n) is 10.1. The molecule has 1 fully saturated rings. The van der Waals surface area contributed by atoms with Gasteiger partial charge in [-0.2, -0.15) is 0 Å². The molecule has 1 amide bonds. The summed E-state index contributed by atoms with van der Waals surface area (Å²) in [5, 5.41) is 0. The van der Waals surface area contributed by atoms with E-state index in [1.807, 2.05) is 24.0 Å². The molecule has 3 rings (SSSR count). The second-order valence-corrected chi connectivity index (χ2v) is 7.34. The fraction of sp³-hybridized carbons (Fsp3) is 0.500. The molecule has 28 heavy (non-hydrogen) atoms. The van der Waals surface area contributed by atoms with Crippen LogP contribution in [0.5, 0.6) is 5.75 Å². The van der Waals surface area contributed by atoms with Gasteiger partial charge in [0.1, 0.15) is 11.4 Å². The summed E-state index contributed by atoms with van der Waals surface area (Å²) in [5.41, 5.74) is 1.73.